The van der Waals surface area contributed by atoms with E-state index in [-0.39, 0.29) is 11.6 Å². The molecule has 5 nitrogen and oxygen atoms in total. The topological polar surface area (TPSA) is 59.8 Å². The van der Waals surface area contributed by atoms with Crippen molar-refractivity contribution < 1.29 is 0 Å². The Hall–Kier alpha value is -1.82. The first-order valence-corrected chi connectivity index (χ1v) is 9.05. The molecule has 0 saturated carbocycles. The highest BCUT2D eigenvalue weighted by Gasteiger charge is 2.17. The van der Waals surface area contributed by atoms with E-state index in [0.717, 1.165) is 22.5 Å². The highest BCUT2D eigenvalue weighted by atomic mass is 32.2. The number of allylic oxidation sites excluding steroid dienone is 1. The van der Waals surface area contributed by atoms with E-state index in [2.05, 4.69) is 15.3 Å². The number of fused-ring (bicyclic) bond motifs is 1. The summed E-state index contributed by atoms with van der Waals surface area (Å²) >= 11 is 1.58. The van der Waals surface area contributed by atoms with Crippen LogP contribution < -0.4 is 10.9 Å². The lowest BCUT2D eigenvalue weighted by atomic mass is 10.1. The van der Waals surface area contributed by atoms with Gasteiger partial charge in [-0.1, -0.05) is 6.08 Å². The molecule has 0 spiro atoms. The Morgan fingerprint density at radius 1 is 1.43 bits per heavy atom. The lowest BCUT2D eigenvalue weighted by Gasteiger charge is -2.17. The number of aryl methyl sites for hydroxylation is 1. The van der Waals surface area contributed by atoms with Crippen molar-refractivity contribution in [3.63, 3.8) is 0 Å². The minimum absolute atomic E-state index is 0.00417. The average Bonchev–Trinajstić information content (AvgIpc) is 2.49. The molecule has 124 valence electrons. The summed E-state index contributed by atoms with van der Waals surface area (Å²) in [5.74, 6) is 0.565. The van der Waals surface area contributed by atoms with Crippen LogP contribution in [-0.2, 0) is 0 Å². The molecule has 0 amide bonds. The van der Waals surface area contributed by atoms with Crippen molar-refractivity contribution in [3.8, 4) is 0 Å². The summed E-state index contributed by atoms with van der Waals surface area (Å²) in [5.41, 5.74) is 2.27. The third-order valence-electron chi connectivity index (χ3n) is 3.68. The zero-order chi connectivity index (χ0) is 17.1. The van der Waals surface area contributed by atoms with Crippen molar-refractivity contribution >= 4 is 33.6 Å². The van der Waals surface area contributed by atoms with Crippen LogP contribution >= 0.6 is 11.8 Å². The van der Waals surface area contributed by atoms with Crippen molar-refractivity contribution in [1.82, 2.24) is 14.5 Å². The van der Waals surface area contributed by atoms with Crippen LogP contribution in [0.1, 0.15) is 45.0 Å². The third-order valence-corrected chi connectivity index (χ3v) is 4.58. The molecule has 0 saturated heterocycles. The first-order valence-electron chi connectivity index (χ1n) is 7.83. The SMILES string of the molecule is CC=C(SC)c1cc2c(C)nc(NCC)nc2n(C(C)C)c1=O. The molecule has 2 heterocycles. The maximum Gasteiger partial charge on any atom is 0.260 e. The number of thioether (sulfide) groups is 1. The quantitative estimate of drug-likeness (QED) is 0.901. The van der Waals surface area contributed by atoms with E-state index < -0.39 is 0 Å². The van der Waals surface area contributed by atoms with Gasteiger partial charge in [0.15, 0.2) is 0 Å². The van der Waals surface area contributed by atoms with Crippen molar-refractivity contribution in [2.75, 3.05) is 18.1 Å². The number of hydrogen-bond donors (Lipinski definition) is 1. The molecule has 2 rings (SSSR count). The summed E-state index contributed by atoms with van der Waals surface area (Å²) in [6, 6.07) is 1.95. The fourth-order valence-corrected chi connectivity index (χ4v) is 3.23. The molecule has 0 aliphatic heterocycles. The van der Waals surface area contributed by atoms with Crippen LogP contribution in [0.2, 0.25) is 0 Å². The molecule has 23 heavy (non-hydrogen) atoms. The fourth-order valence-electron chi connectivity index (χ4n) is 2.63. The zero-order valence-corrected chi connectivity index (χ0v) is 15.4. The van der Waals surface area contributed by atoms with Gasteiger partial charge in [-0.3, -0.25) is 9.36 Å². The molecule has 2 aromatic rings. The third kappa shape index (κ3) is 3.27. The van der Waals surface area contributed by atoms with Crippen LogP contribution in [0.4, 0.5) is 5.95 Å². The predicted octanol–water partition coefficient (Wildman–Crippen LogP) is 3.84. The molecule has 0 bridgehead atoms. The number of pyridine rings is 1. The second kappa shape index (κ2) is 7.17. The molecule has 0 aliphatic rings. The van der Waals surface area contributed by atoms with Gasteiger partial charge in [0.2, 0.25) is 5.95 Å². The van der Waals surface area contributed by atoms with E-state index in [1.807, 2.05) is 53.0 Å². The molecule has 0 aliphatic carbocycles. The van der Waals surface area contributed by atoms with Gasteiger partial charge < -0.3 is 5.32 Å². The van der Waals surface area contributed by atoms with E-state index in [4.69, 9.17) is 0 Å². The van der Waals surface area contributed by atoms with Gasteiger partial charge in [0.25, 0.3) is 5.56 Å². The summed E-state index contributed by atoms with van der Waals surface area (Å²) in [6.45, 7) is 10.7. The number of hydrogen-bond acceptors (Lipinski definition) is 5. The number of nitrogens with one attached hydrogen (secondary N) is 1. The molecule has 0 atom stereocenters. The van der Waals surface area contributed by atoms with E-state index in [0.29, 0.717) is 17.2 Å². The van der Waals surface area contributed by atoms with Crippen LogP contribution in [0.25, 0.3) is 15.9 Å². The molecular weight excluding hydrogens is 308 g/mol. The van der Waals surface area contributed by atoms with Crippen molar-refractivity contribution in [2.45, 2.75) is 40.7 Å². The minimum Gasteiger partial charge on any atom is -0.354 e. The monoisotopic (exact) mass is 332 g/mol. The van der Waals surface area contributed by atoms with Gasteiger partial charge in [0, 0.05) is 22.9 Å². The normalized spacial score (nSPS) is 12.2. The Morgan fingerprint density at radius 2 is 2.13 bits per heavy atom. The second-order valence-electron chi connectivity index (χ2n) is 5.58. The summed E-state index contributed by atoms with van der Waals surface area (Å²) < 4.78 is 1.76. The maximum atomic E-state index is 13.0. The standard InChI is InChI=1S/C17H24N4OS/c1-7-14(23-6)13-9-12-11(5)19-17(18-8-2)20-15(12)21(10(3)4)16(13)22/h7,9-10H,8H2,1-6H3,(H,18,19,20). The number of aromatic nitrogens is 3. The molecule has 0 radical (unpaired) electrons. The highest BCUT2D eigenvalue weighted by molar-refractivity contribution is 8.07. The van der Waals surface area contributed by atoms with Crippen LogP contribution in [-0.4, -0.2) is 27.3 Å². The zero-order valence-electron chi connectivity index (χ0n) is 14.6. The van der Waals surface area contributed by atoms with Crippen LogP contribution in [0.5, 0.6) is 0 Å². The first-order chi connectivity index (χ1) is 10.9. The van der Waals surface area contributed by atoms with Gasteiger partial charge in [-0.05, 0) is 46.9 Å². The summed E-state index contributed by atoms with van der Waals surface area (Å²) in [5, 5.41) is 4.05. The molecule has 0 unspecified atom stereocenters. The first kappa shape index (κ1) is 17.5. The summed E-state index contributed by atoms with van der Waals surface area (Å²) in [7, 11) is 0. The van der Waals surface area contributed by atoms with E-state index in [9.17, 15) is 4.79 Å². The molecule has 6 heteroatoms. The molecule has 2 aromatic heterocycles. The van der Waals surface area contributed by atoms with Crippen molar-refractivity contribution in [2.24, 2.45) is 0 Å². The van der Waals surface area contributed by atoms with Crippen molar-refractivity contribution in [3.05, 3.63) is 33.8 Å². The molecular formula is C17H24N4OS. The largest absolute Gasteiger partial charge is 0.354 e. The second-order valence-corrected chi connectivity index (χ2v) is 6.43. The van der Waals surface area contributed by atoms with E-state index in [1.54, 1.807) is 16.3 Å². The lowest BCUT2D eigenvalue weighted by Crippen LogP contribution is -2.26. The van der Waals surface area contributed by atoms with E-state index >= 15 is 0 Å². The van der Waals surface area contributed by atoms with Gasteiger partial charge >= 0.3 is 0 Å². The number of nitrogens with zero attached hydrogens (tertiary/aromatic N) is 3. The Morgan fingerprint density at radius 3 is 2.65 bits per heavy atom. The summed E-state index contributed by atoms with van der Waals surface area (Å²) in [4.78, 5) is 23.0. The van der Waals surface area contributed by atoms with Crippen LogP contribution in [0.15, 0.2) is 16.9 Å². The lowest BCUT2D eigenvalue weighted by molar-refractivity contribution is 0.594. The number of rotatable bonds is 5. The molecule has 1 N–H and O–H groups in total. The Kier molecular flexibility index (Phi) is 5.46. The fraction of sp³-hybridized carbons (Fsp3) is 0.471. The predicted molar refractivity (Wildman–Crippen MR) is 100 cm³/mol. The average molecular weight is 332 g/mol. The van der Waals surface area contributed by atoms with E-state index in [1.165, 1.54) is 0 Å². The highest BCUT2D eigenvalue weighted by Crippen LogP contribution is 2.27. The maximum absolute atomic E-state index is 13.0. The molecule has 0 fully saturated rings. The van der Waals surface area contributed by atoms with Crippen molar-refractivity contribution in [1.29, 1.82) is 0 Å². The van der Waals surface area contributed by atoms with Gasteiger partial charge in [-0.15, -0.1) is 11.8 Å². The van der Waals surface area contributed by atoms with Gasteiger partial charge in [0.1, 0.15) is 5.65 Å². The minimum atomic E-state index is -0.00417. The van der Waals surface area contributed by atoms with Gasteiger partial charge in [0.05, 0.1) is 11.3 Å². The summed E-state index contributed by atoms with van der Waals surface area (Å²) in [6.07, 6.45) is 3.96. The smallest absolute Gasteiger partial charge is 0.260 e. The number of anilines is 1. The Bertz CT molecular complexity index is 808. The van der Waals surface area contributed by atoms with Crippen LogP contribution in [0.3, 0.4) is 0 Å². The Balaban J connectivity index is 2.92. The van der Waals surface area contributed by atoms with Gasteiger partial charge in [-0.25, -0.2) is 4.98 Å². The Labute approximate surface area is 141 Å². The van der Waals surface area contributed by atoms with Crippen LogP contribution in [0, 0.1) is 6.92 Å². The van der Waals surface area contributed by atoms with Gasteiger partial charge in [-0.2, -0.15) is 4.98 Å². The molecule has 0 aromatic carbocycles.